The first-order valence-corrected chi connectivity index (χ1v) is 5.35. The van der Waals surface area contributed by atoms with Gasteiger partial charge in [-0.05, 0) is 6.42 Å². The normalized spacial score (nSPS) is 25.6. The summed E-state index contributed by atoms with van der Waals surface area (Å²) in [6.45, 7) is -0.279. The van der Waals surface area contributed by atoms with Gasteiger partial charge in [-0.3, -0.25) is 4.90 Å². The largest absolute Gasteiger partial charge is 0.465 e. The van der Waals surface area contributed by atoms with Crippen LogP contribution in [0.2, 0.25) is 0 Å². The highest BCUT2D eigenvalue weighted by Gasteiger charge is 2.35. The van der Waals surface area contributed by atoms with Gasteiger partial charge in [0, 0.05) is 0 Å². The fourth-order valence-corrected chi connectivity index (χ4v) is 1.82. The Morgan fingerprint density at radius 3 is 2.47 bits per heavy atom. The molecule has 1 rings (SSSR count). The van der Waals surface area contributed by atoms with Gasteiger partial charge in [-0.1, -0.05) is 47.0 Å². The van der Waals surface area contributed by atoms with Crippen LogP contribution in [0.15, 0.2) is 12.2 Å². The van der Waals surface area contributed by atoms with Crippen molar-refractivity contribution < 1.29 is 15.0 Å². The summed E-state index contributed by atoms with van der Waals surface area (Å²) in [7, 11) is 0. The van der Waals surface area contributed by atoms with Gasteiger partial charge in [-0.2, -0.15) is 0 Å². The molecule has 0 aromatic heterocycles. The molecule has 0 aromatic rings. The first-order chi connectivity index (χ1) is 6.81. The molecule has 0 unspecified atom stereocenters. The van der Waals surface area contributed by atoms with Gasteiger partial charge in [-0.15, -0.1) is 0 Å². The molecule has 1 amide bonds. The van der Waals surface area contributed by atoms with Crippen molar-refractivity contribution in [3.8, 4) is 0 Å². The molecule has 0 aliphatic heterocycles. The molecule has 0 aromatic carbocycles. The molecule has 0 fully saturated rings. The summed E-state index contributed by atoms with van der Waals surface area (Å²) in [6.07, 6.45) is 1.71. The highest BCUT2D eigenvalue weighted by molar-refractivity contribution is 6.67. The van der Waals surface area contributed by atoms with Crippen LogP contribution in [0.3, 0.4) is 0 Å². The van der Waals surface area contributed by atoms with E-state index >= 15 is 0 Å². The second-order valence-corrected chi connectivity index (χ2v) is 5.76. The van der Waals surface area contributed by atoms with Crippen LogP contribution in [-0.4, -0.2) is 43.7 Å². The standard InChI is InChI=1S/C8H10Cl3NO3/c9-8(10,11)4-12(7(14)15)5-2-1-3-6(5)13/h1-2,5-6,13H,3-4H2,(H,14,15)/t5-,6-/m0/s1. The number of aliphatic hydroxyl groups is 1. The maximum absolute atomic E-state index is 10.9. The van der Waals surface area contributed by atoms with Crippen molar-refractivity contribution in [3.63, 3.8) is 0 Å². The van der Waals surface area contributed by atoms with Crippen molar-refractivity contribution in [2.24, 2.45) is 0 Å². The van der Waals surface area contributed by atoms with E-state index in [1.165, 1.54) is 0 Å². The van der Waals surface area contributed by atoms with Crippen LogP contribution < -0.4 is 0 Å². The molecule has 0 spiro atoms. The van der Waals surface area contributed by atoms with Gasteiger partial charge in [0.2, 0.25) is 3.79 Å². The topological polar surface area (TPSA) is 60.8 Å². The van der Waals surface area contributed by atoms with Crippen LogP contribution >= 0.6 is 34.8 Å². The average Bonchev–Trinajstić information content (AvgIpc) is 2.45. The van der Waals surface area contributed by atoms with E-state index in [-0.39, 0.29) is 6.54 Å². The van der Waals surface area contributed by atoms with Gasteiger partial charge in [0.15, 0.2) is 0 Å². The molecule has 2 N–H and O–H groups in total. The van der Waals surface area contributed by atoms with Crippen LogP contribution in [0.1, 0.15) is 6.42 Å². The quantitative estimate of drug-likeness (QED) is 0.598. The van der Waals surface area contributed by atoms with Crippen LogP contribution in [0.25, 0.3) is 0 Å². The van der Waals surface area contributed by atoms with E-state index in [0.29, 0.717) is 6.42 Å². The molecule has 0 saturated carbocycles. The molecule has 0 heterocycles. The first-order valence-electron chi connectivity index (χ1n) is 4.22. The predicted octanol–water partition coefficient (Wildman–Crippen LogP) is 2.03. The van der Waals surface area contributed by atoms with Crippen LogP contribution in [0, 0.1) is 0 Å². The van der Waals surface area contributed by atoms with E-state index in [0.717, 1.165) is 4.90 Å². The van der Waals surface area contributed by atoms with E-state index in [1.807, 2.05) is 0 Å². The molecule has 7 heteroatoms. The number of halogens is 3. The number of hydrogen-bond acceptors (Lipinski definition) is 2. The Kier molecular flexibility index (Phi) is 4.12. The minimum absolute atomic E-state index is 0.279. The lowest BCUT2D eigenvalue weighted by molar-refractivity contribution is 0.0768. The fourth-order valence-electron chi connectivity index (χ4n) is 1.43. The van der Waals surface area contributed by atoms with Crippen molar-refractivity contribution >= 4 is 40.9 Å². The van der Waals surface area contributed by atoms with Crippen LogP contribution in [-0.2, 0) is 0 Å². The van der Waals surface area contributed by atoms with Crippen molar-refractivity contribution in [1.29, 1.82) is 0 Å². The summed E-state index contributed by atoms with van der Waals surface area (Å²) in [4.78, 5) is 11.8. The number of amides is 1. The van der Waals surface area contributed by atoms with Crippen LogP contribution in [0.4, 0.5) is 4.79 Å². The maximum Gasteiger partial charge on any atom is 0.408 e. The molecular weight excluding hydrogens is 264 g/mol. The number of alkyl halides is 3. The Bertz CT molecular complexity index is 277. The smallest absolute Gasteiger partial charge is 0.408 e. The minimum Gasteiger partial charge on any atom is -0.465 e. The highest BCUT2D eigenvalue weighted by atomic mass is 35.6. The van der Waals surface area contributed by atoms with E-state index in [9.17, 15) is 9.90 Å². The Morgan fingerprint density at radius 2 is 2.13 bits per heavy atom. The number of carbonyl (C=O) groups is 1. The van der Waals surface area contributed by atoms with Crippen molar-refractivity contribution in [2.75, 3.05) is 6.54 Å². The lowest BCUT2D eigenvalue weighted by Crippen LogP contribution is -2.47. The second kappa shape index (κ2) is 4.78. The third-order valence-electron chi connectivity index (χ3n) is 2.06. The van der Waals surface area contributed by atoms with Gasteiger partial charge >= 0.3 is 6.09 Å². The minimum atomic E-state index is -1.69. The lowest BCUT2D eigenvalue weighted by Gasteiger charge is -2.30. The molecular formula is C8H10Cl3NO3. The lowest BCUT2D eigenvalue weighted by atomic mass is 10.2. The van der Waals surface area contributed by atoms with Crippen molar-refractivity contribution in [3.05, 3.63) is 12.2 Å². The van der Waals surface area contributed by atoms with Gasteiger partial charge in [-0.25, -0.2) is 4.79 Å². The molecule has 0 radical (unpaired) electrons. The molecule has 2 atom stereocenters. The molecule has 0 bridgehead atoms. The summed E-state index contributed by atoms with van der Waals surface area (Å²) in [6, 6.07) is -0.641. The van der Waals surface area contributed by atoms with Crippen molar-refractivity contribution in [2.45, 2.75) is 22.4 Å². The second-order valence-electron chi connectivity index (χ2n) is 3.25. The van der Waals surface area contributed by atoms with Gasteiger partial charge in [0.1, 0.15) is 0 Å². The molecule has 15 heavy (non-hydrogen) atoms. The Hall–Kier alpha value is -0.160. The van der Waals surface area contributed by atoms with Gasteiger partial charge in [0.25, 0.3) is 0 Å². The zero-order chi connectivity index (χ0) is 11.6. The number of aliphatic hydroxyl groups excluding tert-OH is 1. The van der Waals surface area contributed by atoms with E-state index in [1.54, 1.807) is 12.2 Å². The summed E-state index contributed by atoms with van der Waals surface area (Å²) in [5.41, 5.74) is 0. The molecule has 1 aliphatic rings. The van der Waals surface area contributed by atoms with Crippen molar-refractivity contribution in [1.82, 2.24) is 4.90 Å². The zero-order valence-electron chi connectivity index (χ0n) is 7.61. The summed E-state index contributed by atoms with van der Waals surface area (Å²) < 4.78 is -1.69. The highest BCUT2D eigenvalue weighted by Crippen LogP contribution is 2.29. The molecule has 86 valence electrons. The zero-order valence-corrected chi connectivity index (χ0v) is 9.88. The fraction of sp³-hybridized carbons (Fsp3) is 0.625. The molecule has 1 aliphatic carbocycles. The van der Waals surface area contributed by atoms with E-state index < -0.39 is 22.0 Å². The molecule has 4 nitrogen and oxygen atoms in total. The summed E-state index contributed by atoms with van der Waals surface area (Å²) >= 11 is 16.6. The summed E-state index contributed by atoms with van der Waals surface area (Å²) in [5, 5.41) is 18.4. The van der Waals surface area contributed by atoms with Gasteiger partial charge in [0.05, 0.1) is 18.7 Å². The maximum atomic E-state index is 10.9. The number of hydrogen-bond donors (Lipinski definition) is 2. The van der Waals surface area contributed by atoms with E-state index in [4.69, 9.17) is 39.9 Å². The average molecular weight is 275 g/mol. The van der Waals surface area contributed by atoms with E-state index in [2.05, 4.69) is 0 Å². The third-order valence-corrected chi connectivity index (χ3v) is 2.42. The third kappa shape index (κ3) is 3.72. The number of rotatable bonds is 2. The first kappa shape index (κ1) is 12.9. The summed E-state index contributed by atoms with van der Waals surface area (Å²) in [5.74, 6) is 0. The Morgan fingerprint density at radius 1 is 1.53 bits per heavy atom. The van der Waals surface area contributed by atoms with Crippen LogP contribution in [0.5, 0.6) is 0 Å². The molecule has 0 saturated heterocycles. The number of carboxylic acid groups (broad SMARTS) is 1. The Balaban J connectivity index is 2.74. The SMILES string of the molecule is O=C(O)N(CC(Cl)(Cl)Cl)[C@H]1C=CC[C@@H]1O. The predicted molar refractivity (Wildman–Crippen MR) is 58.6 cm³/mol. The number of nitrogens with zero attached hydrogens (tertiary/aromatic N) is 1. The Labute approximate surface area is 102 Å². The monoisotopic (exact) mass is 273 g/mol. The van der Waals surface area contributed by atoms with Gasteiger partial charge < -0.3 is 10.2 Å².